The van der Waals surface area contributed by atoms with Gasteiger partial charge in [-0.3, -0.25) is 53.2 Å². The Morgan fingerprint density at radius 3 is 1.76 bits per heavy atom. The summed E-state index contributed by atoms with van der Waals surface area (Å²) in [5, 5.41) is 5.63. The van der Waals surface area contributed by atoms with Gasteiger partial charge >= 0.3 is 35.7 Å². The highest BCUT2D eigenvalue weighted by molar-refractivity contribution is 6.01. The quantitative estimate of drug-likeness (QED) is 0.0562. The number of esters is 2. The molecule has 3 fully saturated rings. The van der Waals surface area contributed by atoms with Crippen LogP contribution in [0.3, 0.4) is 0 Å². The van der Waals surface area contributed by atoms with E-state index in [9.17, 15) is 51.5 Å². The van der Waals surface area contributed by atoms with Crippen LogP contribution in [-0.4, -0.2) is 156 Å². The number of nitrogens with zero attached hydrogens (tertiary/aromatic N) is 11. The van der Waals surface area contributed by atoms with E-state index in [0.717, 1.165) is 53.6 Å². The molecule has 582 valence electrons. The lowest BCUT2D eigenvalue weighted by Gasteiger charge is -2.43. The van der Waals surface area contributed by atoms with Crippen LogP contribution in [0.4, 0.5) is 46.5 Å². The maximum Gasteiger partial charge on any atom is 0.411 e. The molecule has 33 heteroatoms. The van der Waals surface area contributed by atoms with Crippen molar-refractivity contribution in [2.24, 2.45) is 25.0 Å². The molecule has 6 atom stereocenters. The number of hydrogen-bond donors (Lipinski definition) is 2. The maximum atomic E-state index is 17.3. The summed E-state index contributed by atoms with van der Waals surface area (Å²) in [5.41, 5.74) is -4.03. The van der Waals surface area contributed by atoms with Crippen molar-refractivity contribution in [3.63, 3.8) is 0 Å². The number of ether oxygens (including phenoxy) is 4. The largest absolute Gasteiger partial charge is 0.464 e. The first-order chi connectivity index (χ1) is 53.5. The molecule has 25 nitrogen and oxygen atoms in total. The lowest BCUT2D eigenvalue weighted by atomic mass is 9.94. The predicted molar refractivity (Wildman–Crippen MR) is 396 cm³/mol. The lowest BCUT2D eigenvalue weighted by Crippen LogP contribution is -2.55. The number of carbonyl (C=O) groups is 4. The highest BCUT2D eigenvalue weighted by atomic mass is 19.4. The molecule has 2 amide bonds. The summed E-state index contributed by atoms with van der Waals surface area (Å²) in [5.74, 6) is -6.95. The number of carbonyl (C=O) groups excluding carboxylic acids is 4. The van der Waals surface area contributed by atoms with Crippen LogP contribution in [0.1, 0.15) is 93.7 Å². The maximum absolute atomic E-state index is 17.3. The van der Waals surface area contributed by atoms with Crippen LogP contribution in [0.2, 0.25) is 0 Å². The standard InChI is InChI=1S/C79H73F8N13O12/c1-41-29-48(97-24-27-109-40-63(97)78(82,83)84)34-55(80)64(41)71(102)94-58(75(106)112-50-9-6-7-10-50)33-46-15-17-60(100-73(104)53-19-23-89-39-62(53)96(5)77(100)108)67-54(46)31-47(37-92-67)68-69(79(85,86)87)98(25-28-110-68)49-30-42(2)65(56(81)35-49)70(101)93-57(74(105)111-26-20-44-13-12-43(3)91-36-44)32-45-14-16-59(66-51(45)11-8-21-90-66)99-72(103)52-18-22-88-38-61(52)95(4)76(99)107/h8,11-19,21-23,29-31,34-35,37-39,44,50,57-58,63,68-69H,6-7,9-10,20,24-28,32-33,36,40H2,1-5H3,(H,93,101)(H,94,102)/t44?,57-,58-,63+,68?,69+/m0/s1. The van der Waals surface area contributed by atoms with Gasteiger partial charge in [0, 0.05) is 105 Å². The third-order valence-electron chi connectivity index (χ3n) is 21.0. The fourth-order valence-corrected chi connectivity index (χ4v) is 15.3. The van der Waals surface area contributed by atoms with Crippen molar-refractivity contribution < 1.29 is 73.2 Å². The first-order valence-electron chi connectivity index (χ1n) is 36.1. The number of benzene rings is 4. The zero-order valence-electron chi connectivity index (χ0n) is 60.9. The molecule has 0 spiro atoms. The van der Waals surface area contributed by atoms with Crippen molar-refractivity contribution in [3.05, 3.63) is 220 Å². The molecule has 9 heterocycles. The van der Waals surface area contributed by atoms with Gasteiger partial charge in [-0.05, 0) is 148 Å². The number of anilines is 2. The Balaban J connectivity index is 0.804. The van der Waals surface area contributed by atoms with E-state index in [-0.39, 0.29) is 115 Å². The summed E-state index contributed by atoms with van der Waals surface area (Å²) < 4.78 is 153. The highest BCUT2D eigenvalue weighted by Crippen LogP contribution is 2.43. The van der Waals surface area contributed by atoms with Gasteiger partial charge in [-0.15, -0.1) is 0 Å². The van der Waals surface area contributed by atoms with Crippen LogP contribution in [0.5, 0.6) is 0 Å². The number of amides is 2. The molecule has 4 aliphatic rings. The van der Waals surface area contributed by atoms with Gasteiger partial charge in [-0.25, -0.2) is 37.1 Å². The topological polar surface area (TPSA) is 288 Å². The number of dihydropyridines is 1. The Morgan fingerprint density at radius 2 is 1.20 bits per heavy atom. The second-order valence-electron chi connectivity index (χ2n) is 28.2. The number of nitrogens with one attached hydrogen (secondary N) is 2. The Labute approximate surface area is 631 Å². The van der Waals surface area contributed by atoms with Crippen LogP contribution in [-0.2, 0) is 55.5 Å². The van der Waals surface area contributed by atoms with Gasteiger partial charge in [0.1, 0.15) is 42.0 Å². The molecule has 3 aliphatic heterocycles. The third-order valence-corrected chi connectivity index (χ3v) is 21.0. The summed E-state index contributed by atoms with van der Waals surface area (Å²) >= 11 is 0. The van der Waals surface area contributed by atoms with Gasteiger partial charge in [0.2, 0.25) is 0 Å². The van der Waals surface area contributed by atoms with Crippen LogP contribution < -0.4 is 42.9 Å². The van der Waals surface area contributed by atoms with E-state index < -0.39 is 144 Å². The van der Waals surface area contributed by atoms with Crippen LogP contribution in [0.25, 0.3) is 55.0 Å². The Kier molecular flexibility index (Phi) is 21.4. The minimum absolute atomic E-state index is 0.0285. The smallest absolute Gasteiger partial charge is 0.411 e. The van der Waals surface area contributed by atoms with Gasteiger partial charge in [0.25, 0.3) is 22.9 Å². The van der Waals surface area contributed by atoms with Gasteiger partial charge in [0.15, 0.2) is 6.04 Å². The molecule has 10 aromatic rings. The monoisotopic (exact) mass is 1550 g/mol. The number of aryl methyl sites for hydroxylation is 4. The number of pyridine rings is 4. The van der Waals surface area contributed by atoms with Crippen LogP contribution in [0, 0.1) is 31.4 Å². The van der Waals surface area contributed by atoms with Gasteiger partial charge in [-0.2, -0.15) is 26.3 Å². The number of aromatic nitrogens is 8. The minimum Gasteiger partial charge on any atom is -0.464 e. The Bertz CT molecular complexity index is 5730. The van der Waals surface area contributed by atoms with Crippen LogP contribution >= 0.6 is 0 Å². The molecule has 4 aromatic carbocycles. The zero-order chi connectivity index (χ0) is 79.4. The molecular formula is C79H73F8N13O12. The van der Waals surface area contributed by atoms with Crippen molar-refractivity contribution in [2.45, 2.75) is 114 Å². The molecule has 2 saturated heterocycles. The van der Waals surface area contributed by atoms with Crippen molar-refractivity contribution in [3.8, 4) is 11.4 Å². The average Bonchev–Trinajstić information content (AvgIpc) is 0.838. The summed E-state index contributed by atoms with van der Waals surface area (Å²) in [4.78, 5) is 139. The molecule has 112 heavy (non-hydrogen) atoms. The number of rotatable bonds is 19. The first kappa shape index (κ1) is 76.9. The second kappa shape index (κ2) is 31.1. The van der Waals surface area contributed by atoms with Crippen molar-refractivity contribution in [2.75, 3.05) is 55.9 Å². The van der Waals surface area contributed by atoms with Gasteiger partial charge in [0.05, 0.1) is 94.2 Å². The average molecular weight is 1550 g/mol. The number of aliphatic imine (C=N–C) groups is 1. The van der Waals surface area contributed by atoms with E-state index in [2.05, 4.69) is 35.6 Å². The van der Waals surface area contributed by atoms with Crippen LogP contribution in [0.15, 0.2) is 152 Å². The fourth-order valence-electron chi connectivity index (χ4n) is 15.3. The van der Waals surface area contributed by atoms with Crippen molar-refractivity contribution in [1.29, 1.82) is 0 Å². The lowest BCUT2D eigenvalue weighted by molar-refractivity contribution is -0.187. The van der Waals surface area contributed by atoms with Crippen molar-refractivity contribution in [1.82, 2.24) is 48.8 Å². The SMILES string of the molecule is CC1=NCC(CCOC(=O)[C@H](Cc2ccc(-n3c(=O)c4ccncc4n(C)c3=O)c3ncccc23)NC(=O)c2c(C)cc(N3CCOC(c4cnc5c(-n6c(=O)c7ccncc7n(C)c6=O)ccc(C[C@H](NC(=O)c6c(C)cc(N7CCOC[C@@H]7C(F)(F)F)cc6F)C(=O)OC6CCCC6)c5c4)[C@@H]3C(F)(F)F)cc2F)C=C1. The van der Waals surface area contributed by atoms with E-state index in [1.807, 2.05) is 19.1 Å². The van der Waals surface area contributed by atoms with Gasteiger partial charge < -0.3 is 39.4 Å². The normalized spacial score (nSPS) is 18.3. The summed E-state index contributed by atoms with van der Waals surface area (Å²) in [6.07, 6.45) is 0.638. The molecule has 0 radical (unpaired) electrons. The molecule has 2 unspecified atom stereocenters. The first-order valence-corrected chi connectivity index (χ1v) is 36.1. The summed E-state index contributed by atoms with van der Waals surface area (Å²) in [6, 6.07) is 8.66. The second-order valence-corrected chi connectivity index (χ2v) is 28.2. The molecule has 1 saturated carbocycles. The summed E-state index contributed by atoms with van der Waals surface area (Å²) in [6.45, 7) is 2.64. The summed E-state index contributed by atoms with van der Waals surface area (Å²) in [7, 11) is 2.86. The molecule has 6 aromatic heterocycles. The van der Waals surface area contributed by atoms with E-state index in [1.54, 1.807) is 12.1 Å². The van der Waals surface area contributed by atoms with Gasteiger partial charge in [-0.1, -0.05) is 24.3 Å². The predicted octanol–water partition coefficient (Wildman–Crippen LogP) is 9.50. The third kappa shape index (κ3) is 15.0. The number of alkyl halides is 6. The minimum atomic E-state index is -5.24. The van der Waals surface area contributed by atoms with E-state index in [1.165, 1.54) is 112 Å². The zero-order valence-corrected chi connectivity index (χ0v) is 60.9. The van der Waals surface area contributed by atoms with E-state index >= 15 is 22.0 Å². The molecule has 0 bridgehead atoms. The molecular weight excluding hydrogens is 1470 g/mol. The Hall–Kier alpha value is -11.9. The number of hydrogen-bond acceptors (Lipinski definition) is 19. The number of morpholine rings is 2. The molecule has 14 rings (SSSR count). The molecule has 2 N–H and O–H groups in total. The van der Waals surface area contributed by atoms with Crippen molar-refractivity contribution >= 4 is 84.5 Å². The number of allylic oxidation sites excluding steroid dienone is 1. The van der Waals surface area contributed by atoms with E-state index in [0.29, 0.717) is 49.6 Å². The highest BCUT2D eigenvalue weighted by Gasteiger charge is 2.52. The number of fused-ring (bicyclic) bond motifs is 4. The molecule has 1 aliphatic carbocycles. The van der Waals surface area contributed by atoms with E-state index in [4.69, 9.17) is 18.9 Å². The fraction of sp³-hybridized carbons (Fsp3) is 0.354. The Morgan fingerprint density at radius 1 is 0.634 bits per heavy atom. The number of halogens is 8.